The van der Waals surface area contributed by atoms with Crippen molar-refractivity contribution in [2.75, 3.05) is 30.3 Å². The van der Waals surface area contributed by atoms with E-state index in [-0.39, 0.29) is 6.61 Å². The average Bonchev–Trinajstić information content (AvgIpc) is 2.68. The first-order chi connectivity index (χ1) is 13.7. The fourth-order valence-corrected chi connectivity index (χ4v) is 3.21. The Morgan fingerprint density at radius 1 is 1.00 bits per heavy atom. The second-order valence-corrected chi connectivity index (χ2v) is 7.17. The van der Waals surface area contributed by atoms with Crippen molar-refractivity contribution >= 4 is 34.1 Å². The van der Waals surface area contributed by atoms with Crippen LogP contribution in [-0.2, 0) is 6.42 Å². The van der Waals surface area contributed by atoms with Crippen molar-refractivity contribution in [1.29, 1.82) is 0 Å². The maximum Gasteiger partial charge on any atom is 0.223 e. The lowest BCUT2D eigenvalue weighted by Gasteiger charge is -2.10. The quantitative estimate of drug-likeness (QED) is 0.443. The van der Waals surface area contributed by atoms with Crippen LogP contribution in [0, 0.1) is 6.92 Å². The predicted molar refractivity (Wildman–Crippen MR) is 115 cm³/mol. The molecule has 0 atom stereocenters. The Balaban J connectivity index is 1.53. The van der Waals surface area contributed by atoms with Crippen molar-refractivity contribution in [2.24, 2.45) is 0 Å². The van der Waals surface area contributed by atoms with Crippen molar-refractivity contribution < 1.29 is 5.11 Å². The molecule has 0 aliphatic heterocycles. The number of nitrogens with zero attached hydrogens (tertiary/aromatic N) is 3. The molecule has 2 aromatic heterocycles. The number of nitrogens with one attached hydrogen (secondary N) is 2. The van der Waals surface area contributed by atoms with Crippen LogP contribution in [0.5, 0.6) is 0 Å². The lowest BCUT2D eigenvalue weighted by atomic mass is 10.1. The number of hydrogen-bond acceptors (Lipinski definition) is 6. The van der Waals surface area contributed by atoms with Crippen molar-refractivity contribution in [3.8, 4) is 0 Å². The highest BCUT2D eigenvalue weighted by Gasteiger charge is 2.04. The van der Waals surface area contributed by atoms with Gasteiger partial charge in [-0.15, -0.1) is 0 Å². The number of pyridine rings is 1. The third kappa shape index (κ3) is 5.78. The van der Waals surface area contributed by atoms with E-state index in [2.05, 4.69) is 25.6 Å². The molecule has 0 spiro atoms. The van der Waals surface area contributed by atoms with Crippen molar-refractivity contribution in [2.45, 2.75) is 32.6 Å². The van der Waals surface area contributed by atoms with Gasteiger partial charge in [0, 0.05) is 53.4 Å². The molecule has 0 amide bonds. The molecule has 7 heteroatoms. The Kier molecular flexibility index (Phi) is 7.39. The lowest BCUT2D eigenvalue weighted by Crippen LogP contribution is -2.09. The van der Waals surface area contributed by atoms with Gasteiger partial charge in [-0.25, -0.2) is 9.97 Å². The van der Waals surface area contributed by atoms with Gasteiger partial charge in [-0.2, -0.15) is 0 Å². The van der Waals surface area contributed by atoms with Gasteiger partial charge >= 0.3 is 0 Å². The van der Waals surface area contributed by atoms with Crippen LogP contribution in [-0.4, -0.2) is 39.8 Å². The Labute approximate surface area is 170 Å². The second-order valence-electron chi connectivity index (χ2n) is 6.73. The second kappa shape index (κ2) is 10.2. The van der Waals surface area contributed by atoms with Gasteiger partial charge in [0.2, 0.25) is 5.95 Å². The van der Waals surface area contributed by atoms with E-state index in [1.165, 1.54) is 0 Å². The highest BCUT2D eigenvalue weighted by molar-refractivity contribution is 6.31. The van der Waals surface area contributed by atoms with Gasteiger partial charge in [0.15, 0.2) is 0 Å². The summed E-state index contributed by atoms with van der Waals surface area (Å²) in [6.07, 6.45) is 5.31. The van der Waals surface area contributed by atoms with Crippen molar-refractivity contribution in [1.82, 2.24) is 15.0 Å². The van der Waals surface area contributed by atoms with Crippen molar-refractivity contribution in [3.63, 3.8) is 0 Å². The molecule has 0 aliphatic carbocycles. The van der Waals surface area contributed by atoms with Crippen LogP contribution in [0.2, 0.25) is 5.02 Å². The molecule has 0 bridgehead atoms. The van der Waals surface area contributed by atoms with Crippen molar-refractivity contribution in [3.05, 3.63) is 52.9 Å². The summed E-state index contributed by atoms with van der Waals surface area (Å²) in [6, 6.07) is 9.77. The standard InChI is InChI=1S/C21H26ClN5O/c1-15-13-17(27-21(26-15)25-9-2-3-12-28)5-4-10-23-19-8-11-24-20-14-16(22)6-7-18(19)20/h6-8,11,13-14,28H,2-5,9-10,12H2,1H3,(H,23,24)(H,25,26,27). The molecule has 148 valence electrons. The summed E-state index contributed by atoms with van der Waals surface area (Å²) in [5.41, 5.74) is 3.94. The Morgan fingerprint density at radius 3 is 2.71 bits per heavy atom. The fraction of sp³-hybridized carbons (Fsp3) is 0.381. The highest BCUT2D eigenvalue weighted by atomic mass is 35.5. The maximum absolute atomic E-state index is 8.85. The summed E-state index contributed by atoms with van der Waals surface area (Å²) >= 11 is 6.05. The third-order valence-corrected chi connectivity index (χ3v) is 4.64. The zero-order chi connectivity index (χ0) is 19.8. The number of benzene rings is 1. The number of unbranched alkanes of at least 4 members (excludes halogenated alkanes) is 1. The Morgan fingerprint density at radius 2 is 1.86 bits per heavy atom. The lowest BCUT2D eigenvalue weighted by molar-refractivity contribution is 0.286. The molecule has 3 aromatic rings. The zero-order valence-corrected chi connectivity index (χ0v) is 16.8. The van der Waals surface area contributed by atoms with Crippen LogP contribution >= 0.6 is 11.6 Å². The number of aryl methyl sites for hydroxylation is 2. The van der Waals surface area contributed by atoms with Gasteiger partial charge in [-0.3, -0.25) is 4.98 Å². The first-order valence-electron chi connectivity index (χ1n) is 9.63. The van der Waals surface area contributed by atoms with Crippen LogP contribution in [0.25, 0.3) is 10.9 Å². The first kappa shape index (κ1) is 20.3. The molecule has 0 fully saturated rings. The van der Waals surface area contributed by atoms with Crippen LogP contribution in [0.1, 0.15) is 30.7 Å². The number of aliphatic hydroxyl groups excluding tert-OH is 1. The molecule has 0 saturated heterocycles. The number of fused-ring (bicyclic) bond motifs is 1. The summed E-state index contributed by atoms with van der Waals surface area (Å²) < 4.78 is 0. The topological polar surface area (TPSA) is 83.0 Å². The minimum absolute atomic E-state index is 0.217. The summed E-state index contributed by atoms with van der Waals surface area (Å²) in [6.45, 7) is 3.80. The van der Waals surface area contributed by atoms with Gasteiger partial charge < -0.3 is 15.7 Å². The summed E-state index contributed by atoms with van der Waals surface area (Å²) in [5, 5.41) is 17.3. The van der Waals surface area contributed by atoms with Gasteiger partial charge in [0.1, 0.15) is 0 Å². The van der Waals surface area contributed by atoms with E-state index in [0.29, 0.717) is 11.0 Å². The van der Waals surface area contributed by atoms with Gasteiger partial charge in [0.05, 0.1) is 5.52 Å². The number of aliphatic hydroxyl groups is 1. The number of anilines is 2. The normalized spacial score (nSPS) is 11.0. The van der Waals surface area contributed by atoms with E-state index in [4.69, 9.17) is 16.7 Å². The molecule has 0 unspecified atom stereocenters. The third-order valence-electron chi connectivity index (χ3n) is 4.41. The number of rotatable bonds is 10. The molecular weight excluding hydrogens is 374 g/mol. The van der Waals surface area contributed by atoms with E-state index in [9.17, 15) is 0 Å². The summed E-state index contributed by atoms with van der Waals surface area (Å²) in [5.74, 6) is 0.665. The Bertz CT molecular complexity index is 918. The highest BCUT2D eigenvalue weighted by Crippen LogP contribution is 2.24. The van der Waals surface area contributed by atoms with E-state index in [0.717, 1.165) is 66.8 Å². The average molecular weight is 400 g/mol. The Hall–Kier alpha value is -2.44. The molecular formula is C21H26ClN5O. The fourth-order valence-electron chi connectivity index (χ4n) is 3.05. The van der Waals surface area contributed by atoms with Gasteiger partial charge in [-0.1, -0.05) is 11.6 Å². The van der Waals surface area contributed by atoms with E-state index in [1.54, 1.807) is 6.20 Å². The number of aromatic nitrogens is 3. The summed E-state index contributed by atoms with van der Waals surface area (Å²) in [4.78, 5) is 13.4. The minimum atomic E-state index is 0.217. The first-order valence-corrected chi connectivity index (χ1v) is 10.0. The molecule has 0 saturated carbocycles. The molecule has 0 aliphatic rings. The van der Waals surface area contributed by atoms with Gasteiger partial charge in [-0.05, 0) is 62.9 Å². The van der Waals surface area contributed by atoms with E-state index in [1.807, 2.05) is 37.3 Å². The zero-order valence-electron chi connectivity index (χ0n) is 16.1. The molecule has 28 heavy (non-hydrogen) atoms. The molecule has 0 radical (unpaired) electrons. The van der Waals surface area contributed by atoms with E-state index < -0.39 is 0 Å². The molecule has 3 rings (SSSR count). The molecule has 3 N–H and O–H groups in total. The van der Waals surface area contributed by atoms with Gasteiger partial charge in [0.25, 0.3) is 0 Å². The predicted octanol–water partition coefficient (Wildman–Crippen LogP) is 4.22. The van der Waals surface area contributed by atoms with Crippen LogP contribution < -0.4 is 10.6 Å². The monoisotopic (exact) mass is 399 g/mol. The van der Waals surface area contributed by atoms with E-state index >= 15 is 0 Å². The van der Waals surface area contributed by atoms with Crippen LogP contribution in [0.4, 0.5) is 11.6 Å². The smallest absolute Gasteiger partial charge is 0.223 e. The molecule has 6 nitrogen and oxygen atoms in total. The SMILES string of the molecule is Cc1cc(CCCNc2ccnc3cc(Cl)ccc23)nc(NCCCCO)n1. The molecule has 1 aromatic carbocycles. The summed E-state index contributed by atoms with van der Waals surface area (Å²) in [7, 11) is 0. The minimum Gasteiger partial charge on any atom is -0.396 e. The van der Waals surface area contributed by atoms with Crippen LogP contribution in [0.15, 0.2) is 36.5 Å². The van der Waals surface area contributed by atoms with Crippen LogP contribution in [0.3, 0.4) is 0 Å². The largest absolute Gasteiger partial charge is 0.396 e. The number of hydrogen-bond donors (Lipinski definition) is 3. The maximum atomic E-state index is 8.85. The number of halogens is 1. The molecule has 2 heterocycles.